The van der Waals surface area contributed by atoms with Crippen LogP contribution in [-0.4, -0.2) is 25.0 Å². The number of carbonyl (C=O) groups excluding carboxylic acids is 2. The molecule has 2 amide bonds. The van der Waals surface area contributed by atoms with Crippen LogP contribution >= 0.6 is 0 Å². The van der Waals surface area contributed by atoms with Gasteiger partial charge in [-0.15, -0.1) is 0 Å². The van der Waals surface area contributed by atoms with E-state index in [1.165, 1.54) is 0 Å². The van der Waals surface area contributed by atoms with Crippen LogP contribution in [0.1, 0.15) is 15.9 Å². The van der Waals surface area contributed by atoms with Crippen molar-refractivity contribution in [2.24, 2.45) is 5.73 Å². The fourth-order valence-corrected chi connectivity index (χ4v) is 2.20. The summed E-state index contributed by atoms with van der Waals surface area (Å²) in [4.78, 5) is 23.1. The minimum atomic E-state index is -3.30. The van der Waals surface area contributed by atoms with Crippen molar-refractivity contribution in [1.29, 1.82) is 0 Å². The number of carbonyl (C=O) groups is 2. The fraction of sp³-hybridized carbons (Fsp3) is 0.111. The van der Waals surface area contributed by atoms with Crippen LogP contribution in [0.2, 0.25) is 0 Å². The van der Waals surface area contributed by atoms with Gasteiger partial charge < -0.3 is 20.5 Å². The first-order chi connectivity index (χ1) is 14.1. The monoisotopic (exact) mass is 434 g/mol. The second-order valence-electron chi connectivity index (χ2n) is 5.46. The highest BCUT2D eigenvalue weighted by atomic mass is 19.3. The molecule has 30 heavy (non-hydrogen) atoms. The summed E-state index contributed by atoms with van der Waals surface area (Å²) < 4.78 is 85.1. The molecule has 0 aliphatic rings. The molecule has 2 aromatic carbocycles. The summed E-state index contributed by atoms with van der Waals surface area (Å²) >= 11 is 0. The first-order valence-corrected chi connectivity index (χ1v) is 7.88. The van der Waals surface area contributed by atoms with Crippen LogP contribution < -0.4 is 20.5 Å². The predicted octanol–water partition coefficient (Wildman–Crippen LogP) is 3.92. The molecule has 0 heterocycles. The number of nitrogens with one attached hydrogen (secondary N) is 1. The SMILES string of the molecule is NC(=O)c1cc(NC(=O)/C=C/c2ccc(OC(F)F)cc2OC(F)F)c(F)cc1F. The first kappa shape index (κ1) is 22.6. The summed E-state index contributed by atoms with van der Waals surface area (Å²) in [5.74, 6) is -5.65. The molecule has 0 bridgehead atoms. The van der Waals surface area contributed by atoms with E-state index in [4.69, 9.17) is 5.73 Å². The molecule has 3 N–H and O–H groups in total. The zero-order valence-electron chi connectivity index (χ0n) is 14.7. The molecular formula is C18H12F6N2O4. The quantitative estimate of drug-likeness (QED) is 0.487. The predicted molar refractivity (Wildman–Crippen MR) is 92.2 cm³/mol. The number of halogens is 6. The van der Waals surface area contributed by atoms with Gasteiger partial charge in [0.2, 0.25) is 5.91 Å². The van der Waals surface area contributed by atoms with Crippen molar-refractivity contribution in [3.63, 3.8) is 0 Å². The largest absolute Gasteiger partial charge is 0.435 e. The number of anilines is 1. The molecule has 0 radical (unpaired) electrons. The van der Waals surface area contributed by atoms with E-state index in [9.17, 15) is 35.9 Å². The van der Waals surface area contributed by atoms with Gasteiger partial charge in [-0.05, 0) is 24.3 Å². The maximum atomic E-state index is 13.8. The molecule has 0 aliphatic carbocycles. The number of benzene rings is 2. The number of primary amides is 1. The summed E-state index contributed by atoms with van der Waals surface area (Å²) in [7, 11) is 0. The minimum Gasteiger partial charge on any atom is -0.435 e. The van der Waals surface area contributed by atoms with Crippen molar-refractivity contribution in [1.82, 2.24) is 0 Å². The van der Waals surface area contributed by atoms with Crippen LogP contribution in [-0.2, 0) is 4.79 Å². The van der Waals surface area contributed by atoms with Gasteiger partial charge in [-0.25, -0.2) is 8.78 Å². The third-order valence-corrected chi connectivity index (χ3v) is 3.42. The van der Waals surface area contributed by atoms with E-state index < -0.39 is 59.4 Å². The van der Waals surface area contributed by atoms with Crippen LogP contribution in [0.3, 0.4) is 0 Å². The molecule has 0 atom stereocenters. The van der Waals surface area contributed by atoms with E-state index in [0.29, 0.717) is 12.1 Å². The van der Waals surface area contributed by atoms with Crippen molar-refractivity contribution < 1.29 is 45.4 Å². The van der Waals surface area contributed by atoms with Crippen molar-refractivity contribution >= 4 is 23.6 Å². The lowest BCUT2D eigenvalue weighted by atomic mass is 10.1. The molecule has 160 valence electrons. The third kappa shape index (κ3) is 6.15. The molecule has 0 aromatic heterocycles. The fourth-order valence-electron chi connectivity index (χ4n) is 2.20. The Kier molecular flexibility index (Phi) is 7.28. The van der Waals surface area contributed by atoms with Gasteiger partial charge in [0.15, 0.2) is 0 Å². The van der Waals surface area contributed by atoms with E-state index in [-0.39, 0.29) is 5.56 Å². The Hall–Kier alpha value is -3.70. The molecular weight excluding hydrogens is 422 g/mol. The van der Waals surface area contributed by atoms with Gasteiger partial charge in [-0.2, -0.15) is 17.6 Å². The molecule has 0 saturated heterocycles. The van der Waals surface area contributed by atoms with Crippen LogP contribution in [0.15, 0.2) is 36.4 Å². The van der Waals surface area contributed by atoms with Gasteiger partial charge >= 0.3 is 13.2 Å². The van der Waals surface area contributed by atoms with Crippen molar-refractivity contribution in [3.05, 3.63) is 59.2 Å². The van der Waals surface area contributed by atoms with E-state index >= 15 is 0 Å². The highest BCUT2D eigenvalue weighted by molar-refractivity contribution is 6.03. The Morgan fingerprint density at radius 3 is 2.23 bits per heavy atom. The number of rotatable bonds is 8. The number of nitrogens with two attached hydrogens (primary N) is 1. The van der Waals surface area contributed by atoms with Crippen LogP contribution in [0.4, 0.5) is 32.0 Å². The van der Waals surface area contributed by atoms with Crippen molar-refractivity contribution in [2.75, 3.05) is 5.32 Å². The Bertz CT molecular complexity index is 981. The standard InChI is InChI=1S/C18H12F6N2O4/c19-11-7-12(20)13(6-10(11)16(25)28)26-15(27)4-2-8-1-3-9(29-17(21)22)5-14(8)30-18(23)24/h1-7,17-18H,(H2,25,28)(H,26,27)/b4-2+. The molecule has 0 aliphatic heterocycles. The van der Waals surface area contributed by atoms with Crippen molar-refractivity contribution in [3.8, 4) is 11.5 Å². The second-order valence-corrected chi connectivity index (χ2v) is 5.46. The Labute approximate surface area is 164 Å². The molecule has 2 aromatic rings. The Morgan fingerprint density at radius 1 is 0.967 bits per heavy atom. The summed E-state index contributed by atoms with van der Waals surface area (Å²) in [6, 6.07) is 3.86. The van der Waals surface area contributed by atoms with E-state index in [2.05, 4.69) is 9.47 Å². The maximum Gasteiger partial charge on any atom is 0.387 e. The molecule has 2 rings (SSSR count). The van der Waals surface area contributed by atoms with Gasteiger partial charge in [0.25, 0.3) is 5.91 Å². The molecule has 12 heteroatoms. The zero-order chi connectivity index (χ0) is 22.4. The second kappa shape index (κ2) is 9.67. The average molecular weight is 434 g/mol. The zero-order valence-corrected chi connectivity index (χ0v) is 14.7. The Balaban J connectivity index is 2.23. The normalized spacial score (nSPS) is 11.2. The lowest BCUT2D eigenvalue weighted by Gasteiger charge is -2.11. The van der Waals surface area contributed by atoms with Gasteiger partial charge in [-0.1, -0.05) is 0 Å². The van der Waals surface area contributed by atoms with E-state index in [1.54, 1.807) is 0 Å². The summed E-state index contributed by atoms with van der Waals surface area (Å²) in [6.45, 7) is -6.50. The molecule has 6 nitrogen and oxygen atoms in total. The van der Waals surface area contributed by atoms with Crippen molar-refractivity contribution in [2.45, 2.75) is 13.2 Å². The molecule has 0 unspecified atom stereocenters. The van der Waals surface area contributed by atoms with E-state index in [1.807, 2.05) is 5.32 Å². The number of alkyl halides is 4. The van der Waals surface area contributed by atoms with Gasteiger partial charge in [-0.3, -0.25) is 9.59 Å². The number of hydrogen-bond donors (Lipinski definition) is 2. The first-order valence-electron chi connectivity index (χ1n) is 7.88. The summed E-state index contributed by atoms with van der Waals surface area (Å²) in [6.07, 6.45) is 1.74. The third-order valence-electron chi connectivity index (χ3n) is 3.42. The van der Waals surface area contributed by atoms with Gasteiger partial charge in [0.1, 0.15) is 23.1 Å². The number of amides is 2. The van der Waals surface area contributed by atoms with Gasteiger partial charge in [0, 0.05) is 23.8 Å². The lowest BCUT2D eigenvalue weighted by Crippen LogP contribution is -2.16. The smallest absolute Gasteiger partial charge is 0.387 e. The average Bonchev–Trinajstić information content (AvgIpc) is 2.62. The molecule has 0 fully saturated rings. The minimum absolute atomic E-state index is 0.121. The van der Waals surface area contributed by atoms with Crippen LogP contribution in [0.25, 0.3) is 6.08 Å². The highest BCUT2D eigenvalue weighted by Crippen LogP contribution is 2.28. The highest BCUT2D eigenvalue weighted by Gasteiger charge is 2.16. The Morgan fingerprint density at radius 2 is 1.63 bits per heavy atom. The topological polar surface area (TPSA) is 90.7 Å². The summed E-state index contributed by atoms with van der Waals surface area (Å²) in [5.41, 5.74) is 3.58. The lowest BCUT2D eigenvalue weighted by molar-refractivity contribution is -0.111. The van der Waals surface area contributed by atoms with Crippen LogP contribution in [0, 0.1) is 11.6 Å². The maximum absolute atomic E-state index is 13.8. The number of ether oxygens (including phenoxy) is 2. The van der Waals surface area contributed by atoms with Crippen LogP contribution in [0.5, 0.6) is 11.5 Å². The molecule has 0 spiro atoms. The van der Waals surface area contributed by atoms with Gasteiger partial charge in [0.05, 0.1) is 11.3 Å². The summed E-state index contributed by atoms with van der Waals surface area (Å²) in [5, 5.41) is 2.01. The molecule has 0 saturated carbocycles. The number of hydrogen-bond acceptors (Lipinski definition) is 4. The van der Waals surface area contributed by atoms with E-state index in [0.717, 1.165) is 30.4 Å².